The molecule has 9 aromatic rings. The standard InChI is InChI=1S/C50H36N2O/c1-3-13-36-29-39(27-21-33(36)11-1)51(40-28-22-34-12-2-4-14-37(34)30-40)38-25-23-35(24-26-38)45-31-41(32-46-44-17-7-10-20-49(44)53-50(45)46)52-47-18-8-5-15-42(47)43-16-6-9-19-48(43)52/h1-23,25,27-31,41H,24,26,32H2. The van der Waals surface area contributed by atoms with Crippen LogP contribution in [-0.4, -0.2) is 4.57 Å². The molecule has 2 heterocycles. The molecule has 1 atom stereocenters. The molecule has 0 saturated heterocycles. The van der Waals surface area contributed by atoms with E-state index in [2.05, 4.69) is 185 Å². The lowest BCUT2D eigenvalue weighted by molar-refractivity contribution is 0.566. The molecular formula is C50H36N2O. The van der Waals surface area contributed by atoms with Crippen LogP contribution in [0.5, 0.6) is 0 Å². The Balaban J connectivity index is 1.07. The Hall–Kier alpha value is -6.58. The smallest absolute Gasteiger partial charge is 0.138 e. The maximum absolute atomic E-state index is 6.74. The topological polar surface area (TPSA) is 21.3 Å². The van der Waals surface area contributed by atoms with Gasteiger partial charge in [0.25, 0.3) is 0 Å². The lowest BCUT2D eigenvalue weighted by Crippen LogP contribution is -2.19. The van der Waals surface area contributed by atoms with Crippen molar-refractivity contribution in [1.82, 2.24) is 4.57 Å². The number of furan rings is 1. The van der Waals surface area contributed by atoms with Crippen LogP contribution in [0.15, 0.2) is 192 Å². The first-order valence-corrected chi connectivity index (χ1v) is 18.6. The van der Waals surface area contributed by atoms with Gasteiger partial charge in [0.2, 0.25) is 0 Å². The quantitative estimate of drug-likeness (QED) is 0.180. The lowest BCUT2D eigenvalue weighted by Gasteiger charge is -2.31. The number of anilines is 2. The van der Waals surface area contributed by atoms with Crippen molar-refractivity contribution in [2.24, 2.45) is 0 Å². The van der Waals surface area contributed by atoms with Gasteiger partial charge < -0.3 is 13.9 Å². The van der Waals surface area contributed by atoms with Crippen molar-refractivity contribution >= 4 is 71.3 Å². The average molecular weight is 681 g/mol. The fourth-order valence-electron chi connectivity index (χ4n) is 8.93. The zero-order valence-corrected chi connectivity index (χ0v) is 29.2. The Kier molecular flexibility index (Phi) is 6.81. The summed E-state index contributed by atoms with van der Waals surface area (Å²) in [5.74, 6) is 1.02. The van der Waals surface area contributed by atoms with Crippen molar-refractivity contribution in [3.8, 4) is 0 Å². The first-order chi connectivity index (χ1) is 26.3. The van der Waals surface area contributed by atoms with E-state index >= 15 is 0 Å². The minimum absolute atomic E-state index is 0.140. The summed E-state index contributed by atoms with van der Waals surface area (Å²) < 4.78 is 9.30. The second kappa shape index (κ2) is 12.0. The number of rotatable bonds is 5. The van der Waals surface area contributed by atoms with Gasteiger partial charge in [0.05, 0.1) is 6.04 Å². The lowest BCUT2D eigenvalue weighted by atomic mass is 9.85. The van der Waals surface area contributed by atoms with Gasteiger partial charge in [-0.05, 0) is 88.5 Å². The van der Waals surface area contributed by atoms with E-state index in [4.69, 9.17) is 4.42 Å². The van der Waals surface area contributed by atoms with Crippen LogP contribution in [0.4, 0.5) is 11.4 Å². The Morgan fingerprint density at radius 3 is 1.72 bits per heavy atom. The second-order valence-corrected chi connectivity index (χ2v) is 14.4. The van der Waals surface area contributed by atoms with Gasteiger partial charge in [-0.1, -0.05) is 127 Å². The van der Waals surface area contributed by atoms with E-state index in [1.807, 2.05) is 0 Å². The Morgan fingerprint density at radius 1 is 0.528 bits per heavy atom. The van der Waals surface area contributed by atoms with Gasteiger partial charge in [0.1, 0.15) is 11.3 Å². The average Bonchev–Trinajstić information content (AvgIpc) is 3.77. The fraction of sp³-hybridized carbons (Fsp3) is 0.0800. The van der Waals surface area contributed by atoms with Gasteiger partial charge in [-0.2, -0.15) is 0 Å². The molecule has 2 aliphatic carbocycles. The maximum Gasteiger partial charge on any atom is 0.138 e. The van der Waals surface area contributed by atoms with E-state index in [1.54, 1.807) is 0 Å². The summed E-state index contributed by atoms with van der Waals surface area (Å²) in [6.45, 7) is 0. The Labute approximate surface area is 308 Å². The molecule has 2 aromatic heterocycles. The Morgan fingerprint density at radius 2 is 1.09 bits per heavy atom. The molecule has 53 heavy (non-hydrogen) atoms. The van der Waals surface area contributed by atoms with Crippen molar-refractivity contribution < 1.29 is 4.42 Å². The van der Waals surface area contributed by atoms with Crippen molar-refractivity contribution in [3.63, 3.8) is 0 Å². The zero-order valence-electron chi connectivity index (χ0n) is 29.2. The molecular weight excluding hydrogens is 645 g/mol. The monoisotopic (exact) mass is 680 g/mol. The minimum Gasteiger partial charge on any atom is -0.456 e. The number of hydrogen-bond acceptors (Lipinski definition) is 2. The third-order valence-electron chi connectivity index (χ3n) is 11.4. The van der Waals surface area contributed by atoms with Crippen LogP contribution in [0.2, 0.25) is 0 Å². The van der Waals surface area contributed by atoms with Gasteiger partial charge in [0.15, 0.2) is 0 Å². The van der Waals surface area contributed by atoms with Gasteiger partial charge in [-0.25, -0.2) is 0 Å². The van der Waals surface area contributed by atoms with Gasteiger partial charge in [-0.3, -0.25) is 0 Å². The largest absolute Gasteiger partial charge is 0.456 e. The minimum atomic E-state index is 0.140. The third-order valence-corrected chi connectivity index (χ3v) is 11.4. The number of allylic oxidation sites excluding steroid dienone is 6. The summed E-state index contributed by atoms with van der Waals surface area (Å²) in [6.07, 6.45) is 9.87. The highest BCUT2D eigenvalue weighted by Gasteiger charge is 2.31. The summed E-state index contributed by atoms with van der Waals surface area (Å²) >= 11 is 0. The highest BCUT2D eigenvalue weighted by atomic mass is 16.3. The van der Waals surface area contributed by atoms with Gasteiger partial charge in [-0.15, -0.1) is 0 Å². The zero-order chi connectivity index (χ0) is 34.9. The summed E-state index contributed by atoms with van der Waals surface area (Å²) in [5.41, 5.74) is 10.9. The molecule has 3 heteroatoms. The molecule has 2 aliphatic rings. The molecule has 252 valence electrons. The number of benzene rings is 7. The molecule has 1 unspecified atom stereocenters. The molecule has 3 nitrogen and oxygen atoms in total. The molecule has 0 fully saturated rings. The summed E-state index contributed by atoms with van der Waals surface area (Å²) in [4.78, 5) is 2.45. The predicted octanol–water partition coefficient (Wildman–Crippen LogP) is 13.5. The molecule has 0 saturated carbocycles. The van der Waals surface area contributed by atoms with E-state index in [1.165, 1.54) is 82.5 Å². The van der Waals surface area contributed by atoms with E-state index in [0.29, 0.717) is 0 Å². The number of aromatic nitrogens is 1. The first-order valence-electron chi connectivity index (χ1n) is 18.6. The molecule has 0 aliphatic heterocycles. The highest BCUT2D eigenvalue weighted by Crippen LogP contribution is 2.46. The van der Waals surface area contributed by atoms with E-state index in [-0.39, 0.29) is 6.04 Å². The number of nitrogens with zero attached hydrogens (tertiary/aromatic N) is 2. The molecule has 0 amide bonds. The van der Waals surface area contributed by atoms with Crippen LogP contribution in [0.1, 0.15) is 30.2 Å². The molecule has 7 aromatic carbocycles. The van der Waals surface area contributed by atoms with E-state index in [0.717, 1.165) is 30.6 Å². The molecule has 0 radical (unpaired) electrons. The van der Waals surface area contributed by atoms with Gasteiger partial charge in [0, 0.05) is 61.8 Å². The van der Waals surface area contributed by atoms with Crippen molar-refractivity contribution in [2.45, 2.75) is 25.3 Å². The van der Waals surface area contributed by atoms with Crippen LogP contribution < -0.4 is 4.90 Å². The second-order valence-electron chi connectivity index (χ2n) is 14.4. The number of hydrogen-bond donors (Lipinski definition) is 0. The van der Waals surface area contributed by atoms with E-state index in [9.17, 15) is 0 Å². The normalized spacial score (nSPS) is 15.8. The fourth-order valence-corrected chi connectivity index (χ4v) is 8.93. The van der Waals surface area contributed by atoms with Crippen LogP contribution >= 0.6 is 0 Å². The molecule has 0 bridgehead atoms. The number of fused-ring (bicyclic) bond motifs is 8. The van der Waals surface area contributed by atoms with Crippen molar-refractivity contribution in [1.29, 1.82) is 0 Å². The van der Waals surface area contributed by atoms with Gasteiger partial charge >= 0.3 is 0 Å². The van der Waals surface area contributed by atoms with Crippen molar-refractivity contribution in [2.75, 3.05) is 4.90 Å². The number of para-hydroxylation sites is 3. The van der Waals surface area contributed by atoms with Crippen LogP contribution in [0.25, 0.3) is 59.9 Å². The molecule has 11 rings (SSSR count). The maximum atomic E-state index is 6.74. The first kappa shape index (κ1) is 30.1. The van der Waals surface area contributed by atoms with E-state index < -0.39 is 0 Å². The third kappa shape index (κ3) is 4.88. The summed E-state index contributed by atoms with van der Waals surface area (Å²) in [7, 11) is 0. The molecule has 0 N–H and O–H groups in total. The molecule has 0 spiro atoms. The summed E-state index contributed by atoms with van der Waals surface area (Å²) in [5, 5.41) is 8.79. The highest BCUT2D eigenvalue weighted by molar-refractivity contribution is 6.08. The van der Waals surface area contributed by atoms with Crippen LogP contribution in [0, 0.1) is 0 Å². The Bertz CT molecular complexity index is 2870. The van der Waals surface area contributed by atoms with Crippen LogP contribution in [-0.2, 0) is 6.42 Å². The predicted molar refractivity (Wildman–Crippen MR) is 222 cm³/mol. The van der Waals surface area contributed by atoms with Crippen molar-refractivity contribution in [3.05, 3.63) is 199 Å². The van der Waals surface area contributed by atoms with Crippen LogP contribution in [0.3, 0.4) is 0 Å². The SMILES string of the molecule is C1=C(C2=CC(n3c4ccccc4c4ccccc43)Cc3c2oc2ccccc32)CCC(N(c2ccc3ccccc3c2)c2ccc3ccccc3c2)=C1. The summed E-state index contributed by atoms with van der Waals surface area (Å²) in [6, 6.07) is 57.3.